The fourth-order valence-electron chi connectivity index (χ4n) is 2.23. The molecule has 0 aromatic heterocycles. The van der Waals surface area contributed by atoms with E-state index in [1.54, 1.807) is 0 Å². The van der Waals surface area contributed by atoms with Crippen LogP contribution in [0.1, 0.15) is 31.9 Å². The average Bonchev–Trinajstić information content (AvgIpc) is 2.45. The number of amides is 1. The summed E-state index contributed by atoms with van der Waals surface area (Å²) in [6.45, 7) is 8.42. The minimum atomic E-state index is -0.160. The van der Waals surface area contributed by atoms with E-state index in [-0.39, 0.29) is 17.9 Å². The summed E-state index contributed by atoms with van der Waals surface area (Å²) in [5.74, 6) is 0.614. The van der Waals surface area contributed by atoms with Gasteiger partial charge in [-0.1, -0.05) is 51.1 Å². The zero-order chi connectivity index (χ0) is 16.2. The zero-order valence-corrected chi connectivity index (χ0v) is 13.6. The summed E-state index contributed by atoms with van der Waals surface area (Å²) < 4.78 is 5.77. The summed E-state index contributed by atoms with van der Waals surface area (Å²) in [5, 5.41) is 2.82. The van der Waals surface area contributed by atoms with Gasteiger partial charge in [-0.3, -0.25) is 4.79 Å². The molecule has 1 N–H and O–H groups in total. The maximum atomic E-state index is 12.0. The van der Waals surface area contributed by atoms with E-state index in [9.17, 15) is 4.79 Å². The molecule has 3 heteroatoms. The van der Waals surface area contributed by atoms with E-state index in [1.807, 2.05) is 43.3 Å². The third kappa shape index (κ3) is 4.35. The number of ether oxygens (including phenoxy) is 1. The second-order valence-electron chi connectivity index (χ2n) is 6.45. The van der Waals surface area contributed by atoms with E-state index in [2.05, 4.69) is 38.2 Å². The highest BCUT2D eigenvalue weighted by molar-refractivity contribution is 5.91. The minimum Gasteiger partial charge on any atom is -0.483 e. The standard InChI is InChI=1S/C19H23NO2/c1-14-10-11-16(19(2,3)4)17(12-14)22-13-18(21)20-15-8-6-5-7-9-15/h5-12H,13H2,1-4H3,(H,20,21). The van der Waals surface area contributed by atoms with E-state index in [4.69, 9.17) is 4.74 Å². The molecule has 116 valence electrons. The van der Waals surface area contributed by atoms with E-state index >= 15 is 0 Å². The second kappa shape index (κ2) is 6.65. The van der Waals surface area contributed by atoms with Gasteiger partial charge in [0.1, 0.15) is 5.75 Å². The van der Waals surface area contributed by atoms with Gasteiger partial charge in [0.25, 0.3) is 5.91 Å². The molecule has 0 fully saturated rings. The van der Waals surface area contributed by atoms with Crippen molar-refractivity contribution in [1.29, 1.82) is 0 Å². The van der Waals surface area contributed by atoms with Crippen LogP contribution in [0.3, 0.4) is 0 Å². The average molecular weight is 297 g/mol. The Bertz CT molecular complexity index is 642. The molecule has 1 amide bonds. The molecular formula is C19H23NO2. The first-order chi connectivity index (χ1) is 10.4. The number of carbonyl (C=O) groups is 1. The molecule has 2 aromatic carbocycles. The Kier molecular flexibility index (Phi) is 4.86. The molecule has 0 saturated heterocycles. The molecule has 0 atom stereocenters. The zero-order valence-electron chi connectivity index (χ0n) is 13.6. The predicted octanol–water partition coefficient (Wildman–Crippen LogP) is 4.31. The molecule has 0 unspecified atom stereocenters. The Labute approximate surface area is 132 Å². The quantitative estimate of drug-likeness (QED) is 0.913. The number of rotatable bonds is 4. The lowest BCUT2D eigenvalue weighted by atomic mass is 9.86. The molecule has 0 spiro atoms. The van der Waals surface area contributed by atoms with Gasteiger partial charge in [-0.05, 0) is 41.7 Å². The Morgan fingerprint density at radius 3 is 2.41 bits per heavy atom. The van der Waals surface area contributed by atoms with Crippen LogP contribution >= 0.6 is 0 Å². The summed E-state index contributed by atoms with van der Waals surface area (Å²) in [6.07, 6.45) is 0. The van der Waals surface area contributed by atoms with Gasteiger partial charge in [-0.25, -0.2) is 0 Å². The highest BCUT2D eigenvalue weighted by Gasteiger charge is 2.19. The maximum absolute atomic E-state index is 12.0. The Hall–Kier alpha value is -2.29. The number of para-hydroxylation sites is 1. The molecule has 0 bridgehead atoms. The van der Waals surface area contributed by atoms with Crippen LogP contribution in [0.15, 0.2) is 48.5 Å². The topological polar surface area (TPSA) is 38.3 Å². The summed E-state index contributed by atoms with van der Waals surface area (Å²) in [4.78, 5) is 12.0. The monoisotopic (exact) mass is 297 g/mol. The van der Waals surface area contributed by atoms with Crippen molar-refractivity contribution in [2.75, 3.05) is 11.9 Å². The van der Waals surface area contributed by atoms with Gasteiger partial charge in [-0.15, -0.1) is 0 Å². The van der Waals surface area contributed by atoms with Crippen LogP contribution in [-0.2, 0) is 10.2 Å². The Morgan fingerprint density at radius 2 is 1.77 bits per heavy atom. The van der Waals surface area contributed by atoms with Gasteiger partial charge < -0.3 is 10.1 Å². The molecule has 0 aliphatic heterocycles. The molecule has 2 rings (SSSR count). The summed E-state index contributed by atoms with van der Waals surface area (Å²) in [5.41, 5.74) is 2.97. The van der Waals surface area contributed by atoms with Crippen molar-refractivity contribution in [2.24, 2.45) is 0 Å². The number of hydrogen-bond donors (Lipinski definition) is 1. The first-order valence-corrected chi connectivity index (χ1v) is 7.45. The van der Waals surface area contributed by atoms with Gasteiger partial charge in [0, 0.05) is 5.69 Å². The Morgan fingerprint density at radius 1 is 1.09 bits per heavy atom. The van der Waals surface area contributed by atoms with Crippen molar-refractivity contribution in [1.82, 2.24) is 0 Å². The van der Waals surface area contributed by atoms with E-state index in [1.165, 1.54) is 0 Å². The third-order valence-corrected chi connectivity index (χ3v) is 3.36. The number of carbonyl (C=O) groups excluding carboxylic acids is 1. The summed E-state index contributed by atoms with van der Waals surface area (Å²) in [6, 6.07) is 15.5. The Balaban J connectivity index is 2.05. The van der Waals surface area contributed by atoms with Crippen molar-refractivity contribution < 1.29 is 9.53 Å². The van der Waals surface area contributed by atoms with Crippen LogP contribution < -0.4 is 10.1 Å². The summed E-state index contributed by atoms with van der Waals surface area (Å²) in [7, 11) is 0. The number of benzene rings is 2. The van der Waals surface area contributed by atoms with Crippen LogP contribution in [-0.4, -0.2) is 12.5 Å². The smallest absolute Gasteiger partial charge is 0.262 e. The van der Waals surface area contributed by atoms with Crippen LogP contribution in [0.4, 0.5) is 5.69 Å². The lowest BCUT2D eigenvalue weighted by Gasteiger charge is -2.23. The molecule has 0 radical (unpaired) electrons. The van der Waals surface area contributed by atoms with Crippen LogP contribution in [0, 0.1) is 6.92 Å². The van der Waals surface area contributed by atoms with Crippen molar-refractivity contribution in [3.63, 3.8) is 0 Å². The SMILES string of the molecule is Cc1ccc(C(C)(C)C)c(OCC(=O)Nc2ccccc2)c1. The van der Waals surface area contributed by atoms with E-state index < -0.39 is 0 Å². The van der Waals surface area contributed by atoms with Crippen LogP contribution in [0.5, 0.6) is 5.75 Å². The van der Waals surface area contributed by atoms with Crippen molar-refractivity contribution in [2.45, 2.75) is 33.1 Å². The number of hydrogen-bond acceptors (Lipinski definition) is 2. The normalized spacial score (nSPS) is 11.1. The largest absolute Gasteiger partial charge is 0.483 e. The number of anilines is 1. The summed E-state index contributed by atoms with van der Waals surface area (Å²) >= 11 is 0. The number of nitrogens with one attached hydrogen (secondary N) is 1. The fraction of sp³-hybridized carbons (Fsp3) is 0.316. The first-order valence-electron chi connectivity index (χ1n) is 7.45. The fourth-order valence-corrected chi connectivity index (χ4v) is 2.23. The highest BCUT2D eigenvalue weighted by Crippen LogP contribution is 2.32. The second-order valence-corrected chi connectivity index (χ2v) is 6.45. The van der Waals surface area contributed by atoms with Crippen molar-refractivity contribution in [3.8, 4) is 5.75 Å². The molecule has 3 nitrogen and oxygen atoms in total. The molecule has 0 aliphatic rings. The molecule has 0 heterocycles. The van der Waals surface area contributed by atoms with Gasteiger partial charge in [-0.2, -0.15) is 0 Å². The molecule has 22 heavy (non-hydrogen) atoms. The third-order valence-electron chi connectivity index (χ3n) is 3.36. The van der Waals surface area contributed by atoms with Crippen molar-refractivity contribution in [3.05, 3.63) is 59.7 Å². The minimum absolute atomic E-state index is 0.00142. The molecule has 0 aliphatic carbocycles. The van der Waals surface area contributed by atoms with Crippen LogP contribution in [0.2, 0.25) is 0 Å². The number of aryl methyl sites for hydroxylation is 1. The lowest BCUT2D eigenvalue weighted by molar-refractivity contribution is -0.118. The van der Waals surface area contributed by atoms with Gasteiger partial charge in [0.15, 0.2) is 6.61 Å². The first kappa shape index (κ1) is 16.1. The lowest BCUT2D eigenvalue weighted by Crippen LogP contribution is -2.22. The van der Waals surface area contributed by atoms with Crippen LogP contribution in [0.25, 0.3) is 0 Å². The predicted molar refractivity (Wildman–Crippen MR) is 90.4 cm³/mol. The van der Waals surface area contributed by atoms with Crippen molar-refractivity contribution >= 4 is 11.6 Å². The highest BCUT2D eigenvalue weighted by atomic mass is 16.5. The molecule has 0 saturated carbocycles. The van der Waals surface area contributed by atoms with E-state index in [0.717, 1.165) is 22.6 Å². The van der Waals surface area contributed by atoms with E-state index in [0.29, 0.717) is 0 Å². The molecular weight excluding hydrogens is 274 g/mol. The molecule has 2 aromatic rings. The van der Waals surface area contributed by atoms with Gasteiger partial charge in [0.2, 0.25) is 0 Å². The van der Waals surface area contributed by atoms with Gasteiger partial charge >= 0.3 is 0 Å². The van der Waals surface area contributed by atoms with Gasteiger partial charge in [0.05, 0.1) is 0 Å². The maximum Gasteiger partial charge on any atom is 0.262 e.